The molecule has 0 saturated heterocycles. The van der Waals surface area contributed by atoms with Crippen molar-refractivity contribution in [3.8, 4) is 11.8 Å². The number of anilines is 1. The van der Waals surface area contributed by atoms with Gasteiger partial charge in [-0.3, -0.25) is 4.79 Å². The fraction of sp³-hybridized carbons (Fsp3) is 0.455. The largest absolute Gasteiger partial charge is 0.408 e. The van der Waals surface area contributed by atoms with Gasteiger partial charge in [-0.25, -0.2) is 4.68 Å². The van der Waals surface area contributed by atoms with Crippen molar-refractivity contribution in [1.29, 1.82) is 0 Å². The first kappa shape index (κ1) is 15.4. The van der Waals surface area contributed by atoms with Crippen LogP contribution >= 0.6 is 11.6 Å². The van der Waals surface area contributed by atoms with Gasteiger partial charge in [0.25, 0.3) is 5.56 Å². The van der Waals surface area contributed by atoms with E-state index < -0.39 is 18.3 Å². The van der Waals surface area contributed by atoms with Crippen molar-refractivity contribution in [3.05, 3.63) is 21.6 Å². The summed E-state index contributed by atoms with van der Waals surface area (Å²) in [4.78, 5) is 11.6. The number of aromatic nitrogens is 2. The smallest absolute Gasteiger partial charge is 0.381 e. The highest BCUT2D eigenvalue weighted by atomic mass is 35.5. The summed E-state index contributed by atoms with van der Waals surface area (Å²) in [5.74, 6) is 5.47. The standard InChI is InChI=1S/C11H11ClF3N3O/c1-2-3-4-5-16-8-6-17-18(7-11(13,14)15)10(19)9(8)12/h6,16H,4-5,7H2,1H3. The van der Waals surface area contributed by atoms with Crippen LogP contribution in [0, 0.1) is 11.8 Å². The van der Waals surface area contributed by atoms with Gasteiger partial charge in [0.2, 0.25) is 0 Å². The zero-order valence-corrected chi connectivity index (χ0v) is 10.8. The molecule has 1 rings (SSSR count). The van der Waals surface area contributed by atoms with Gasteiger partial charge >= 0.3 is 6.18 Å². The monoisotopic (exact) mass is 293 g/mol. The number of hydrogen-bond acceptors (Lipinski definition) is 3. The van der Waals surface area contributed by atoms with E-state index in [9.17, 15) is 18.0 Å². The van der Waals surface area contributed by atoms with Gasteiger partial charge in [0, 0.05) is 13.0 Å². The lowest BCUT2D eigenvalue weighted by molar-refractivity contribution is -0.143. The predicted octanol–water partition coefficient (Wildman–Crippen LogP) is 2.28. The van der Waals surface area contributed by atoms with Crippen LogP contribution in [0.1, 0.15) is 13.3 Å². The van der Waals surface area contributed by atoms with Crippen LogP contribution in [-0.4, -0.2) is 22.5 Å². The average Bonchev–Trinajstić information content (AvgIpc) is 2.31. The van der Waals surface area contributed by atoms with Crippen molar-refractivity contribution in [1.82, 2.24) is 9.78 Å². The zero-order chi connectivity index (χ0) is 14.5. The topological polar surface area (TPSA) is 46.9 Å². The molecule has 0 aliphatic heterocycles. The first-order chi connectivity index (χ1) is 8.85. The molecule has 19 heavy (non-hydrogen) atoms. The molecule has 0 bridgehead atoms. The second-order valence-corrected chi connectivity index (χ2v) is 3.93. The summed E-state index contributed by atoms with van der Waals surface area (Å²) in [5, 5.41) is 5.90. The maximum atomic E-state index is 12.2. The van der Waals surface area contributed by atoms with Crippen LogP contribution in [0.2, 0.25) is 5.02 Å². The molecule has 0 amide bonds. The van der Waals surface area contributed by atoms with E-state index in [1.807, 2.05) is 0 Å². The Morgan fingerprint density at radius 3 is 2.79 bits per heavy atom. The molecule has 0 spiro atoms. The van der Waals surface area contributed by atoms with Gasteiger partial charge in [0.1, 0.15) is 11.6 Å². The van der Waals surface area contributed by atoms with E-state index in [1.54, 1.807) is 6.92 Å². The molecule has 0 aromatic carbocycles. The molecular weight excluding hydrogens is 283 g/mol. The van der Waals surface area contributed by atoms with E-state index in [0.717, 1.165) is 6.20 Å². The van der Waals surface area contributed by atoms with Crippen LogP contribution in [0.3, 0.4) is 0 Å². The van der Waals surface area contributed by atoms with E-state index in [2.05, 4.69) is 22.3 Å². The van der Waals surface area contributed by atoms with Crippen LogP contribution in [0.4, 0.5) is 18.9 Å². The Morgan fingerprint density at radius 1 is 1.53 bits per heavy atom. The quantitative estimate of drug-likeness (QED) is 0.684. The number of alkyl halides is 3. The molecule has 0 fully saturated rings. The number of rotatable bonds is 4. The van der Waals surface area contributed by atoms with Crippen molar-refractivity contribution in [3.63, 3.8) is 0 Å². The lowest BCUT2D eigenvalue weighted by Gasteiger charge is -2.11. The highest BCUT2D eigenvalue weighted by Gasteiger charge is 2.29. The highest BCUT2D eigenvalue weighted by molar-refractivity contribution is 6.32. The Morgan fingerprint density at radius 2 is 2.21 bits per heavy atom. The summed E-state index contributed by atoms with van der Waals surface area (Å²) in [6.07, 6.45) is -2.90. The van der Waals surface area contributed by atoms with Gasteiger partial charge in [-0.1, -0.05) is 11.6 Å². The molecule has 1 aromatic rings. The molecular formula is C11H11ClF3N3O. The van der Waals surface area contributed by atoms with E-state index in [4.69, 9.17) is 11.6 Å². The van der Waals surface area contributed by atoms with Gasteiger partial charge in [0.15, 0.2) is 0 Å². The molecule has 0 saturated carbocycles. The summed E-state index contributed by atoms with van der Waals surface area (Å²) in [6, 6.07) is 0. The van der Waals surface area contributed by atoms with Crippen molar-refractivity contribution >= 4 is 17.3 Å². The van der Waals surface area contributed by atoms with Gasteiger partial charge in [-0.05, 0) is 6.92 Å². The van der Waals surface area contributed by atoms with Gasteiger partial charge < -0.3 is 5.32 Å². The minimum atomic E-state index is -4.52. The Labute approximate surface area is 112 Å². The Bertz CT molecular complexity index is 557. The molecule has 0 aliphatic carbocycles. The number of nitrogens with one attached hydrogen (secondary N) is 1. The molecule has 104 valence electrons. The lowest BCUT2D eigenvalue weighted by Crippen LogP contribution is -2.30. The van der Waals surface area contributed by atoms with Gasteiger partial charge in [-0.2, -0.15) is 18.3 Å². The fourth-order valence-electron chi connectivity index (χ4n) is 1.26. The third-order valence-corrected chi connectivity index (χ3v) is 2.42. The van der Waals surface area contributed by atoms with Crippen LogP contribution in [0.25, 0.3) is 0 Å². The van der Waals surface area contributed by atoms with Crippen molar-refractivity contribution < 1.29 is 13.2 Å². The maximum absolute atomic E-state index is 12.2. The van der Waals surface area contributed by atoms with Gasteiger partial charge in [0.05, 0.1) is 11.9 Å². The van der Waals surface area contributed by atoms with E-state index in [-0.39, 0.29) is 15.4 Å². The number of hydrogen-bond donors (Lipinski definition) is 1. The van der Waals surface area contributed by atoms with E-state index in [0.29, 0.717) is 13.0 Å². The third-order valence-electron chi connectivity index (χ3n) is 2.06. The number of nitrogens with zero attached hydrogens (tertiary/aromatic N) is 2. The molecule has 0 unspecified atom stereocenters. The molecule has 0 atom stereocenters. The summed E-state index contributed by atoms with van der Waals surface area (Å²) in [6.45, 7) is 0.644. The maximum Gasteiger partial charge on any atom is 0.408 e. The Balaban J connectivity index is 2.85. The number of halogens is 4. The third kappa shape index (κ3) is 4.83. The Hall–Kier alpha value is -1.68. The van der Waals surface area contributed by atoms with E-state index in [1.165, 1.54) is 0 Å². The lowest BCUT2D eigenvalue weighted by atomic mass is 10.4. The molecule has 1 N–H and O–H groups in total. The molecule has 0 radical (unpaired) electrons. The molecule has 4 nitrogen and oxygen atoms in total. The second kappa shape index (κ2) is 6.48. The minimum Gasteiger partial charge on any atom is -0.381 e. The van der Waals surface area contributed by atoms with Crippen LogP contribution in [0.15, 0.2) is 11.0 Å². The van der Waals surface area contributed by atoms with Crippen LogP contribution in [-0.2, 0) is 6.54 Å². The normalized spacial score (nSPS) is 10.8. The first-order valence-corrected chi connectivity index (χ1v) is 5.69. The van der Waals surface area contributed by atoms with Crippen LogP contribution < -0.4 is 10.9 Å². The molecule has 1 heterocycles. The second-order valence-electron chi connectivity index (χ2n) is 3.55. The van der Waals surface area contributed by atoms with Crippen LogP contribution in [0.5, 0.6) is 0 Å². The van der Waals surface area contributed by atoms with Gasteiger partial charge in [-0.15, -0.1) is 11.8 Å². The van der Waals surface area contributed by atoms with Crippen molar-refractivity contribution in [2.24, 2.45) is 0 Å². The average molecular weight is 294 g/mol. The zero-order valence-electron chi connectivity index (χ0n) is 10.0. The summed E-state index contributed by atoms with van der Waals surface area (Å²) in [5.41, 5.74) is -0.784. The SMILES string of the molecule is CC#CCCNc1cnn(CC(F)(F)F)c(=O)c1Cl. The summed E-state index contributed by atoms with van der Waals surface area (Å²) < 4.78 is 36.8. The Kier molecular flexibility index (Phi) is 5.24. The molecule has 8 heteroatoms. The minimum absolute atomic E-state index is 0.197. The summed E-state index contributed by atoms with van der Waals surface area (Å²) in [7, 11) is 0. The van der Waals surface area contributed by atoms with Crippen molar-refractivity contribution in [2.75, 3.05) is 11.9 Å². The molecule has 1 aromatic heterocycles. The first-order valence-electron chi connectivity index (χ1n) is 5.31. The fourth-order valence-corrected chi connectivity index (χ4v) is 1.47. The predicted molar refractivity (Wildman–Crippen MR) is 66.1 cm³/mol. The molecule has 0 aliphatic rings. The van der Waals surface area contributed by atoms with Crippen molar-refractivity contribution in [2.45, 2.75) is 26.1 Å². The summed E-state index contributed by atoms with van der Waals surface area (Å²) >= 11 is 5.70. The van der Waals surface area contributed by atoms with E-state index >= 15 is 0 Å². The highest BCUT2D eigenvalue weighted by Crippen LogP contribution is 2.18.